The first-order chi connectivity index (χ1) is 17.7. The second kappa shape index (κ2) is 13.1. The minimum Gasteiger partial charge on any atom is -0.339 e. The topological polar surface area (TPSA) is 157 Å². The van der Waals surface area contributed by atoms with Gasteiger partial charge in [-0.05, 0) is 23.3 Å². The molecule has 0 aliphatic heterocycles. The summed E-state index contributed by atoms with van der Waals surface area (Å²) in [6, 6.07) is 17.7. The molecule has 0 saturated carbocycles. The molecule has 13 heteroatoms. The summed E-state index contributed by atoms with van der Waals surface area (Å²) in [5.74, 6) is -0.829. The van der Waals surface area contributed by atoms with Gasteiger partial charge < -0.3 is 5.32 Å². The molecule has 37 heavy (non-hydrogen) atoms. The normalized spacial score (nSPS) is 11.6. The standard InChI is InChI=1S/C24H20ClN5O6S/c25-19-8-6-16(7-9-19)13-26-28-24(32)22(15-37-14-17-4-2-1-3-5-17)27-23(31)18-10-20(29(33)34)12-21(11-18)30(35)36/h1-13,22H,14-15H2,(H,27,31)(H,28,32)/b26-13+. The zero-order valence-electron chi connectivity index (χ0n) is 19.1. The summed E-state index contributed by atoms with van der Waals surface area (Å²) in [7, 11) is 0. The quantitative estimate of drug-likeness (QED) is 0.207. The summed E-state index contributed by atoms with van der Waals surface area (Å²) in [5.41, 5.74) is 2.48. The van der Waals surface area contributed by atoms with Crippen LogP contribution in [0.2, 0.25) is 5.02 Å². The Hall–Kier alpha value is -4.29. The molecule has 1 atom stereocenters. The highest BCUT2D eigenvalue weighted by Gasteiger charge is 2.25. The fourth-order valence-electron chi connectivity index (χ4n) is 3.03. The van der Waals surface area contributed by atoms with Gasteiger partial charge in [-0.3, -0.25) is 29.8 Å². The highest BCUT2D eigenvalue weighted by Crippen LogP contribution is 2.23. The van der Waals surface area contributed by atoms with Gasteiger partial charge in [0, 0.05) is 28.7 Å². The van der Waals surface area contributed by atoms with Crippen LogP contribution in [0.15, 0.2) is 77.9 Å². The van der Waals surface area contributed by atoms with Gasteiger partial charge in [0.25, 0.3) is 23.2 Å². The molecule has 190 valence electrons. The molecule has 1 unspecified atom stereocenters. The minimum absolute atomic E-state index is 0.139. The van der Waals surface area contributed by atoms with Crippen molar-refractivity contribution in [2.24, 2.45) is 5.10 Å². The maximum absolute atomic E-state index is 12.9. The summed E-state index contributed by atoms with van der Waals surface area (Å²) in [5, 5.41) is 29.3. The molecule has 0 fully saturated rings. The van der Waals surface area contributed by atoms with E-state index in [1.54, 1.807) is 24.3 Å². The van der Waals surface area contributed by atoms with Crippen molar-refractivity contribution < 1.29 is 19.4 Å². The van der Waals surface area contributed by atoms with Crippen molar-refractivity contribution in [3.63, 3.8) is 0 Å². The SMILES string of the molecule is O=C(NC(CSCc1ccccc1)C(=O)N/N=C/c1ccc(Cl)cc1)c1cc([N+](=O)[O-])cc([N+](=O)[O-])c1. The van der Waals surface area contributed by atoms with Crippen LogP contribution in [0.1, 0.15) is 21.5 Å². The smallest absolute Gasteiger partial charge is 0.277 e. The van der Waals surface area contributed by atoms with Crippen molar-refractivity contribution in [2.75, 3.05) is 5.75 Å². The number of nitro benzene ring substituents is 2. The maximum atomic E-state index is 12.9. The number of rotatable bonds is 11. The molecule has 0 aromatic heterocycles. The number of thioether (sulfide) groups is 1. The van der Waals surface area contributed by atoms with Crippen LogP contribution in [0.4, 0.5) is 11.4 Å². The third kappa shape index (κ3) is 8.40. The van der Waals surface area contributed by atoms with E-state index in [1.165, 1.54) is 18.0 Å². The molecule has 2 amide bonds. The Kier molecular flexibility index (Phi) is 9.69. The van der Waals surface area contributed by atoms with Gasteiger partial charge in [0.1, 0.15) is 6.04 Å². The predicted octanol–water partition coefficient (Wildman–Crippen LogP) is 4.34. The number of nitrogens with one attached hydrogen (secondary N) is 2. The number of halogens is 1. The molecule has 3 aromatic rings. The van der Waals surface area contributed by atoms with Crippen molar-refractivity contribution in [2.45, 2.75) is 11.8 Å². The van der Waals surface area contributed by atoms with Crippen LogP contribution in [0.3, 0.4) is 0 Å². The van der Waals surface area contributed by atoms with E-state index in [0.29, 0.717) is 16.3 Å². The fourth-order valence-corrected chi connectivity index (χ4v) is 4.17. The zero-order chi connectivity index (χ0) is 26.8. The van der Waals surface area contributed by atoms with Gasteiger partial charge in [-0.2, -0.15) is 16.9 Å². The lowest BCUT2D eigenvalue weighted by molar-refractivity contribution is -0.394. The van der Waals surface area contributed by atoms with E-state index in [1.807, 2.05) is 30.3 Å². The predicted molar refractivity (Wildman–Crippen MR) is 141 cm³/mol. The average Bonchev–Trinajstić information content (AvgIpc) is 2.89. The van der Waals surface area contributed by atoms with Crippen LogP contribution < -0.4 is 10.7 Å². The Labute approximate surface area is 220 Å². The van der Waals surface area contributed by atoms with E-state index in [9.17, 15) is 29.8 Å². The van der Waals surface area contributed by atoms with Gasteiger partial charge in [0.05, 0.1) is 27.7 Å². The average molecular weight is 542 g/mol. The molecule has 11 nitrogen and oxygen atoms in total. The second-order valence-electron chi connectivity index (χ2n) is 7.56. The number of carbonyl (C=O) groups is 2. The third-order valence-electron chi connectivity index (χ3n) is 4.86. The molecular weight excluding hydrogens is 522 g/mol. The Balaban J connectivity index is 1.75. The number of amides is 2. The number of hydrogen-bond acceptors (Lipinski definition) is 8. The lowest BCUT2D eigenvalue weighted by Crippen LogP contribution is -2.47. The molecule has 0 spiro atoms. The molecule has 0 heterocycles. The van der Waals surface area contributed by atoms with Gasteiger partial charge in [-0.25, -0.2) is 5.43 Å². The van der Waals surface area contributed by atoms with Crippen molar-refractivity contribution in [3.8, 4) is 0 Å². The highest BCUT2D eigenvalue weighted by molar-refractivity contribution is 7.98. The Bertz CT molecular complexity index is 1290. The zero-order valence-corrected chi connectivity index (χ0v) is 20.6. The van der Waals surface area contributed by atoms with Crippen molar-refractivity contribution in [1.82, 2.24) is 10.7 Å². The lowest BCUT2D eigenvalue weighted by Gasteiger charge is -2.17. The minimum atomic E-state index is -1.10. The Morgan fingerprint density at radius 2 is 1.59 bits per heavy atom. The van der Waals surface area contributed by atoms with Crippen LogP contribution in [-0.4, -0.2) is 39.7 Å². The summed E-state index contributed by atoms with van der Waals surface area (Å²) in [6.07, 6.45) is 1.40. The van der Waals surface area contributed by atoms with Crippen LogP contribution >= 0.6 is 23.4 Å². The molecule has 3 aromatic carbocycles. The van der Waals surface area contributed by atoms with Crippen LogP contribution in [0.25, 0.3) is 0 Å². The number of non-ortho nitro benzene ring substituents is 2. The second-order valence-corrected chi connectivity index (χ2v) is 9.03. The summed E-state index contributed by atoms with van der Waals surface area (Å²) < 4.78 is 0. The number of hydrogen-bond donors (Lipinski definition) is 2. The van der Waals surface area contributed by atoms with Gasteiger partial charge >= 0.3 is 0 Å². The number of nitrogens with zero attached hydrogens (tertiary/aromatic N) is 3. The van der Waals surface area contributed by atoms with Gasteiger partial charge in [-0.1, -0.05) is 54.1 Å². The first kappa shape index (κ1) is 27.3. The highest BCUT2D eigenvalue weighted by atomic mass is 35.5. The van der Waals surface area contributed by atoms with E-state index in [-0.39, 0.29) is 11.3 Å². The van der Waals surface area contributed by atoms with Crippen LogP contribution in [0.5, 0.6) is 0 Å². The van der Waals surface area contributed by atoms with Gasteiger partial charge in [0.2, 0.25) is 0 Å². The number of carbonyl (C=O) groups excluding carboxylic acids is 2. The summed E-state index contributed by atoms with van der Waals surface area (Å²) in [6.45, 7) is 0. The summed E-state index contributed by atoms with van der Waals surface area (Å²) in [4.78, 5) is 46.4. The van der Waals surface area contributed by atoms with Crippen molar-refractivity contribution in [3.05, 3.63) is 115 Å². The molecule has 0 aliphatic rings. The molecule has 0 saturated heterocycles. The van der Waals surface area contributed by atoms with Crippen LogP contribution in [0, 0.1) is 20.2 Å². The fraction of sp³-hybridized carbons (Fsp3) is 0.125. The van der Waals surface area contributed by atoms with Crippen LogP contribution in [-0.2, 0) is 10.5 Å². The van der Waals surface area contributed by atoms with Gasteiger partial charge in [0.15, 0.2) is 0 Å². The van der Waals surface area contributed by atoms with E-state index in [4.69, 9.17) is 11.6 Å². The van der Waals surface area contributed by atoms with E-state index >= 15 is 0 Å². The number of nitro groups is 2. The van der Waals surface area contributed by atoms with Crippen molar-refractivity contribution >= 4 is 52.8 Å². The molecule has 0 aliphatic carbocycles. The van der Waals surface area contributed by atoms with Crippen molar-refractivity contribution in [1.29, 1.82) is 0 Å². The van der Waals surface area contributed by atoms with Gasteiger partial charge in [-0.15, -0.1) is 0 Å². The first-order valence-electron chi connectivity index (χ1n) is 10.7. The molecule has 3 rings (SSSR count). The molecule has 2 N–H and O–H groups in total. The Morgan fingerprint density at radius 3 is 2.19 bits per heavy atom. The van der Waals surface area contributed by atoms with E-state index in [0.717, 1.165) is 23.8 Å². The monoisotopic (exact) mass is 541 g/mol. The molecular formula is C24H20ClN5O6S. The first-order valence-corrected chi connectivity index (χ1v) is 12.2. The number of benzene rings is 3. The third-order valence-corrected chi connectivity index (χ3v) is 6.22. The summed E-state index contributed by atoms with van der Waals surface area (Å²) >= 11 is 7.22. The largest absolute Gasteiger partial charge is 0.339 e. The Morgan fingerprint density at radius 1 is 0.973 bits per heavy atom. The lowest BCUT2D eigenvalue weighted by atomic mass is 10.1. The van der Waals surface area contributed by atoms with E-state index < -0.39 is 39.1 Å². The van der Waals surface area contributed by atoms with E-state index in [2.05, 4.69) is 15.8 Å². The molecule has 0 radical (unpaired) electrons. The maximum Gasteiger partial charge on any atom is 0.277 e. The molecule has 0 bridgehead atoms. The number of hydrazone groups is 1.